The molecule has 0 aliphatic carbocycles. The number of benzene rings is 1. The van der Waals surface area contributed by atoms with Crippen molar-refractivity contribution in [1.29, 1.82) is 0 Å². The summed E-state index contributed by atoms with van der Waals surface area (Å²) in [6.45, 7) is 4.45. The summed E-state index contributed by atoms with van der Waals surface area (Å²) >= 11 is 0. The van der Waals surface area contributed by atoms with E-state index in [0.29, 0.717) is 6.61 Å². The van der Waals surface area contributed by atoms with Gasteiger partial charge in [0.25, 0.3) is 0 Å². The largest absolute Gasteiger partial charge is 0.485 e. The molecule has 0 aliphatic heterocycles. The van der Waals surface area contributed by atoms with Crippen molar-refractivity contribution in [3.05, 3.63) is 47.5 Å². The molecule has 0 amide bonds. The summed E-state index contributed by atoms with van der Waals surface area (Å²) in [4.78, 5) is 4.23. The number of aromatic nitrogens is 2. The Balaban J connectivity index is 2.18. The Hall–Kier alpha value is -1.81. The second kappa shape index (κ2) is 5.23. The van der Waals surface area contributed by atoms with Gasteiger partial charge in [-0.05, 0) is 25.5 Å². The van der Waals surface area contributed by atoms with E-state index < -0.39 is 0 Å². The van der Waals surface area contributed by atoms with E-state index in [1.807, 2.05) is 49.9 Å². The SMILES string of the molecule is Cc1ccc([C@@H](C)N)c(OCc2nccn2C)c1. The highest BCUT2D eigenvalue weighted by Crippen LogP contribution is 2.25. The molecule has 1 heterocycles. The lowest BCUT2D eigenvalue weighted by Gasteiger charge is -2.14. The van der Waals surface area contributed by atoms with E-state index in [1.165, 1.54) is 0 Å². The summed E-state index contributed by atoms with van der Waals surface area (Å²) in [5.74, 6) is 1.74. The number of rotatable bonds is 4. The number of hydrogen-bond acceptors (Lipinski definition) is 3. The van der Waals surface area contributed by atoms with E-state index in [-0.39, 0.29) is 6.04 Å². The van der Waals surface area contributed by atoms with Gasteiger partial charge in [-0.2, -0.15) is 0 Å². The van der Waals surface area contributed by atoms with Crippen molar-refractivity contribution in [3.8, 4) is 5.75 Å². The van der Waals surface area contributed by atoms with Gasteiger partial charge in [0, 0.05) is 31.0 Å². The zero-order valence-electron chi connectivity index (χ0n) is 11.1. The predicted molar refractivity (Wildman–Crippen MR) is 71.3 cm³/mol. The first-order valence-electron chi connectivity index (χ1n) is 6.03. The van der Waals surface area contributed by atoms with Crippen molar-refractivity contribution >= 4 is 0 Å². The lowest BCUT2D eigenvalue weighted by molar-refractivity contribution is 0.287. The lowest BCUT2D eigenvalue weighted by atomic mass is 10.1. The molecular weight excluding hydrogens is 226 g/mol. The summed E-state index contributed by atoms with van der Waals surface area (Å²) in [7, 11) is 1.95. The molecule has 0 bridgehead atoms. The van der Waals surface area contributed by atoms with Crippen LogP contribution >= 0.6 is 0 Å². The maximum Gasteiger partial charge on any atom is 0.146 e. The van der Waals surface area contributed by atoms with Gasteiger partial charge in [-0.3, -0.25) is 0 Å². The average molecular weight is 245 g/mol. The van der Waals surface area contributed by atoms with Gasteiger partial charge in [0.1, 0.15) is 18.2 Å². The van der Waals surface area contributed by atoms with Crippen molar-refractivity contribution < 1.29 is 4.74 Å². The molecule has 0 saturated carbocycles. The number of nitrogens with two attached hydrogens (primary N) is 1. The second-order valence-corrected chi connectivity index (χ2v) is 4.57. The first-order valence-corrected chi connectivity index (χ1v) is 6.03. The van der Waals surface area contributed by atoms with Crippen molar-refractivity contribution in [2.24, 2.45) is 12.8 Å². The van der Waals surface area contributed by atoms with Crippen molar-refractivity contribution in [1.82, 2.24) is 9.55 Å². The first kappa shape index (κ1) is 12.6. The monoisotopic (exact) mass is 245 g/mol. The van der Waals surface area contributed by atoms with E-state index in [2.05, 4.69) is 4.98 Å². The Labute approximate surface area is 107 Å². The maximum absolute atomic E-state index is 5.94. The van der Waals surface area contributed by atoms with Gasteiger partial charge in [0.2, 0.25) is 0 Å². The van der Waals surface area contributed by atoms with Gasteiger partial charge in [-0.1, -0.05) is 12.1 Å². The fraction of sp³-hybridized carbons (Fsp3) is 0.357. The highest BCUT2D eigenvalue weighted by molar-refractivity contribution is 5.38. The summed E-state index contributed by atoms with van der Waals surface area (Å²) in [5, 5.41) is 0. The van der Waals surface area contributed by atoms with Crippen LogP contribution in [0.15, 0.2) is 30.6 Å². The van der Waals surface area contributed by atoms with Crippen LogP contribution in [0.5, 0.6) is 5.75 Å². The average Bonchev–Trinajstić information content (AvgIpc) is 2.72. The minimum Gasteiger partial charge on any atom is -0.485 e. The Morgan fingerprint density at radius 2 is 2.22 bits per heavy atom. The summed E-state index contributed by atoms with van der Waals surface area (Å²) < 4.78 is 7.79. The molecule has 2 aromatic rings. The van der Waals surface area contributed by atoms with E-state index in [9.17, 15) is 0 Å². The van der Waals surface area contributed by atoms with Crippen molar-refractivity contribution in [3.63, 3.8) is 0 Å². The van der Waals surface area contributed by atoms with Crippen LogP contribution in [0.25, 0.3) is 0 Å². The van der Waals surface area contributed by atoms with E-state index in [1.54, 1.807) is 6.20 Å². The van der Waals surface area contributed by atoms with Crippen LogP contribution in [-0.2, 0) is 13.7 Å². The zero-order valence-corrected chi connectivity index (χ0v) is 11.1. The van der Waals surface area contributed by atoms with Gasteiger partial charge in [0.15, 0.2) is 0 Å². The molecule has 4 nitrogen and oxygen atoms in total. The molecule has 1 aromatic heterocycles. The lowest BCUT2D eigenvalue weighted by Crippen LogP contribution is -2.09. The first-order chi connectivity index (χ1) is 8.58. The summed E-state index contributed by atoms with van der Waals surface area (Å²) in [5.41, 5.74) is 8.13. The topological polar surface area (TPSA) is 53.1 Å². The summed E-state index contributed by atoms with van der Waals surface area (Å²) in [6, 6.07) is 6.05. The minimum atomic E-state index is -0.0398. The molecule has 1 aromatic carbocycles. The second-order valence-electron chi connectivity index (χ2n) is 4.57. The van der Waals surface area contributed by atoms with Crippen LogP contribution in [0.3, 0.4) is 0 Å². The van der Waals surface area contributed by atoms with Crippen LogP contribution in [0.2, 0.25) is 0 Å². The molecular formula is C14H19N3O. The fourth-order valence-corrected chi connectivity index (χ4v) is 1.82. The van der Waals surface area contributed by atoms with Crippen molar-refractivity contribution in [2.75, 3.05) is 0 Å². The highest BCUT2D eigenvalue weighted by atomic mass is 16.5. The molecule has 0 spiro atoms. The molecule has 0 saturated heterocycles. The number of ether oxygens (including phenoxy) is 1. The fourth-order valence-electron chi connectivity index (χ4n) is 1.82. The maximum atomic E-state index is 5.94. The van der Waals surface area contributed by atoms with Crippen LogP contribution < -0.4 is 10.5 Å². The highest BCUT2D eigenvalue weighted by Gasteiger charge is 2.09. The van der Waals surface area contributed by atoms with Crippen molar-refractivity contribution in [2.45, 2.75) is 26.5 Å². The normalized spacial score (nSPS) is 12.4. The van der Waals surface area contributed by atoms with Crippen LogP contribution in [0.4, 0.5) is 0 Å². The molecule has 0 aliphatic rings. The number of nitrogens with zero attached hydrogens (tertiary/aromatic N) is 2. The quantitative estimate of drug-likeness (QED) is 0.899. The Morgan fingerprint density at radius 3 is 2.83 bits per heavy atom. The van der Waals surface area contributed by atoms with Crippen LogP contribution in [0.1, 0.15) is 29.9 Å². The van der Waals surface area contributed by atoms with Crippen LogP contribution in [-0.4, -0.2) is 9.55 Å². The number of imidazole rings is 1. The number of aryl methyl sites for hydroxylation is 2. The smallest absolute Gasteiger partial charge is 0.146 e. The van der Waals surface area contributed by atoms with Crippen LogP contribution in [0, 0.1) is 6.92 Å². The van der Waals surface area contributed by atoms with E-state index >= 15 is 0 Å². The molecule has 0 fully saturated rings. The third kappa shape index (κ3) is 2.71. The van der Waals surface area contributed by atoms with Gasteiger partial charge < -0.3 is 15.0 Å². The molecule has 0 radical (unpaired) electrons. The van der Waals surface area contributed by atoms with E-state index in [4.69, 9.17) is 10.5 Å². The third-order valence-corrected chi connectivity index (χ3v) is 2.94. The zero-order chi connectivity index (χ0) is 13.1. The Morgan fingerprint density at radius 1 is 1.44 bits per heavy atom. The van der Waals surface area contributed by atoms with Gasteiger partial charge >= 0.3 is 0 Å². The number of hydrogen-bond donors (Lipinski definition) is 1. The molecule has 0 unspecified atom stereocenters. The van der Waals surface area contributed by atoms with Gasteiger partial charge in [-0.25, -0.2) is 4.98 Å². The molecule has 2 rings (SSSR count). The Kier molecular flexibility index (Phi) is 3.67. The molecule has 96 valence electrons. The van der Waals surface area contributed by atoms with Gasteiger partial charge in [-0.15, -0.1) is 0 Å². The minimum absolute atomic E-state index is 0.0398. The molecule has 1 atom stereocenters. The third-order valence-electron chi connectivity index (χ3n) is 2.94. The Bertz CT molecular complexity index is 532. The predicted octanol–water partition coefficient (Wildman–Crippen LogP) is 2.33. The molecule has 4 heteroatoms. The van der Waals surface area contributed by atoms with Gasteiger partial charge in [0.05, 0.1) is 0 Å². The standard InChI is InChI=1S/C14H19N3O/c1-10-4-5-12(11(2)15)13(8-10)18-9-14-16-6-7-17(14)3/h4-8,11H,9,15H2,1-3H3/t11-/m1/s1. The molecule has 2 N–H and O–H groups in total. The summed E-state index contributed by atoms with van der Waals surface area (Å²) in [6.07, 6.45) is 3.67. The van der Waals surface area contributed by atoms with E-state index in [0.717, 1.165) is 22.7 Å². The molecule has 18 heavy (non-hydrogen) atoms.